The van der Waals surface area contributed by atoms with Gasteiger partial charge in [-0.15, -0.1) is 11.3 Å². The second-order valence-corrected chi connectivity index (χ2v) is 10.1. The van der Waals surface area contributed by atoms with Gasteiger partial charge in [0, 0.05) is 42.1 Å². The van der Waals surface area contributed by atoms with Crippen molar-refractivity contribution in [2.24, 2.45) is 0 Å². The number of ether oxygens (including phenoxy) is 2. The highest BCUT2D eigenvalue weighted by atomic mass is 35.5. The quantitative estimate of drug-likeness (QED) is 0.532. The molecule has 0 bridgehead atoms. The van der Waals surface area contributed by atoms with Crippen LogP contribution in [0.4, 0.5) is 5.13 Å². The Morgan fingerprint density at radius 3 is 2.42 bits per heavy atom. The molecule has 1 aromatic heterocycles. The van der Waals surface area contributed by atoms with Crippen molar-refractivity contribution in [1.82, 2.24) is 9.29 Å². The first-order valence-electron chi connectivity index (χ1n) is 9.61. The number of methoxy groups -OCH3 is 2. The molecule has 0 aliphatic carbocycles. The lowest BCUT2D eigenvalue weighted by molar-refractivity contribution is 0.374. The van der Waals surface area contributed by atoms with Gasteiger partial charge in [0.05, 0.1) is 19.9 Å². The summed E-state index contributed by atoms with van der Waals surface area (Å²) in [6, 6.07) is 12.4. The standard InChI is InChI=1S/C21H22ClN3O4S2/c1-28-18-6-4-3-5-16(18)17-14-30-21(23-17)24-9-11-25(12-10-24)31(26,27)20-13-15(22)7-8-19(20)29-2/h3-8,13-14H,9-12H2,1-2H3. The Bertz CT molecular complexity index is 1170. The number of piperazine rings is 1. The van der Waals surface area contributed by atoms with Crippen LogP contribution in [-0.4, -0.2) is 58.1 Å². The molecule has 1 fully saturated rings. The van der Waals surface area contributed by atoms with Crippen LogP contribution in [0.2, 0.25) is 5.02 Å². The summed E-state index contributed by atoms with van der Waals surface area (Å²) in [5.74, 6) is 1.05. The Kier molecular flexibility index (Phi) is 6.38. The molecule has 31 heavy (non-hydrogen) atoms. The van der Waals surface area contributed by atoms with Crippen LogP contribution < -0.4 is 14.4 Å². The maximum absolute atomic E-state index is 13.2. The average Bonchev–Trinajstić information content (AvgIpc) is 3.29. The molecule has 0 unspecified atom stereocenters. The van der Waals surface area contributed by atoms with E-state index in [9.17, 15) is 8.42 Å². The van der Waals surface area contributed by atoms with Crippen molar-refractivity contribution < 1.29 is 17.9 Å². The molecule has 2 heterocycles. The summed E-state index contributed by atoms with van der Waals surface area (Å²) in [7, 11) is -0.630. The molecule has 10 heteroatoms. The van der Waals surface area contributed by atoms with E-state index < -0.39 is 10.0 Å². The molecule has 1 saturated heterocycles. The fourth-order valence-electron chi connectivity index (χ4n) is 3.50. The van der Waals surface area contributed by atoms with E-state index in [0.29, 0.717) is 31.2 Å². The first kappa shape index (κ1) is 21.9. The minimum atomic E-state index is -3.72. The van der Waals surface area contributed by atoms with Crippen molar-refractivity contribution in [3.8, 4) is 22.8 Å². The lowest BCUT2D eigenvalue weighted by Crippen LogP contribution is -2.48. The predicted molar refractivity (Wildman–Crippen MR) is 123 cm³/mol. The molecule has 0 N–H and O–H groups in total. The number of thiazole rings is 1. The number of sulfonamides is 1. The molecular formula is C21H22ClN3O4S2. The van der Waals surface area contributed by atoms with Gasteiger partial charge in [0.2, 0.25) is 10.0 Å². The highest BCUT2D eigenvalue weighted by molar-refractivity contribution is 7.89. The summed E-state index contributed by atoms with van der Waals surface area (Å²) >= 11 is 7.57. The van der Waals surface area contributed by atoms with Crippen LogP contribution in [0.1, 0.15) is 0 Å². The Labute approximate surface area is 190 Å². The molecule has 164 valence electrons. The van der Waals surface area contributed by atoms with Crippen LogP contribution in [-0.2, 0) is 10.0 Å². The number of benzene rings is 2. The normalized spacial score (nSPS) is 15.1. The highest BCUT2D eigenvalue weighted by Crippen LogP contribution is 2.34. The van der Waals surface area contributed by atoms with Crippen LogP contribution in [0.25, 0.3) is 11.3 Å². The molecule has 0 amide bonds. The summed E-state index contributed by atoms with van der Waals surface area (Å²) in [5, 5.41) is 3.20. The van der Waals surface area contributed by atoms with Crippen molar-refractivity contribution in [3.05, 3.63) is 52.9 Å². The van der Waals surface area contributed by atoms with Gasteiger partial charge in [0.15, 0.2) is 5.13 Å². The Balaban J connectivity index is 1.50. The summed E-state index contributed by atoms with van der Waals surface area (Å²) in [4.78, 5) is 6.94. The Hall–Kier alpha value is -2.33. The highest BCUT2D eigenvalue weighted by Gasteiger charge is 2.31. The number of nitrogens with zero attached hydrogens (tertiary/aromatic N) is 3. The zero-order valence-corrected chi connectivity index (χ0v) is 19.5. The average molecular weight is 480 g/mol. The minimum Gasteiger partial charge on any atom is -0.496 e. The molecule has 0 atom stereocenters. The summed E-state index contributed by atoms with van der Waals surface area (Å²) in [5.41, 5.74) is 1.78. The van der Waals surface area contributed by atoms with Crippen LogP contribution in [0.5, 0.6) is 11.5 Å². The van der Waals surface area contributed by atoms with E-state index in [2.05, 4.69) is 4.90 Å². The van der Waals surface area contributed by atoms with Crippen molar-refractivity contribution >= 4 is 38.1 Å². The third-order valence-electron chi connectivity index (χ3n) is 5.13. The van der Waals surface area contributed by atoms with Gasteiger partial charge in [-0.2, -0.15) is 4.31 Å². The number of para-hydroxylation sites is 1. The largest absolute Gasteiger partial charge is 0.496 e. The van der Waals surface area contributed by atoms with E-state index in [-0.39, 0.29) is 10.6 Å². The molecule has 7 nitrogen and oxygen atoms in total. The van der Waals surface area contributed by atoms with E-state index in [1.165, 1.54) is 28.8 Å². The number of hydrogen-bond donors (Lipinski definition) is 0. The van der Waals surface area contributed by atoms with Crippen molar-refractivity contribution in [3.63, 3.8) is 0 Å². The first-order valence-corrected chi connectivity index (χ1v) is 12.3. The van der Waals surface area contributed by atoms with E-state index >= 15 is 0 Å². The van der Waals surface area contributed by atoms with Crippen LogP contribution in [0, 0.1) is 0 Å². The van der Waals surface area contributed by atoms with Crippen molar-refractivity contribution in [2.75, 3.05) is 45.3 Å². The number of rotatable bonds is 6. The fraction of sp³-hybridized carbons (Fsp3) is 0.286. The van der Waals surface area contributed by atoms with Crippen LogP contribution in [0.15, 0.2) is 52.7 Å². The lowest BCUT2D eigenvalue weighted by atomic mass is 10.1. The van der Waals surface area contributed by atoms with Gasteiger partial charge < -0.3 is 14.4 Å². The fourth-order valence-corrected chi connectivity index (χ4v) is 6.22. The second kappa shape index (κ2) is 9.04. The van der Waals surface area contributed by atoms with Crippen LogP contribution in [0.3, 0.4) is 0 Å². The number of anilines is 1. The summed E-state index contributed by atoms with van der Waals surface area (Å²) in [6.45, 7) is 1.78. The molecule has 0 saturated carbocycles. The molecule has 2 aromatic carbocycles. The zero-order valence-electron chi connectivity index (χ0n) is 17.1. The number of aromatic nitrogens is 1. The minimum absolute atomic E-state index is 0.0867. The third-order valence-corrected chi connectivity index (χ3v) is 8.18. The van der Waals surface area contributed by atoms with Gasteiger partial charge in [0.1, 0.15) is 16.4 Å². The zero-order chi connectivity index (χ0) is 22.0. The molecule has 1 aliphatic rings. The molecule has 0 radical (unpaired) electrons. The maximum Gasteiger partial charge on any atom is 0.246 e. The summed E-state index contributed by atoms with van der Waals surface area (Å²) in [6.07, 6.45) is 0. The van der Waals surface area contributed by atoms with Gasteiger partial charge in [0.25, 0.3) is 0 Å². The van der Waals surface area contributed by atoms with E-state index in [1.807, 2.05) is 29.6 Å². The van der Waals surface area contributed by atoms with Crippen molar-refractivity contribution in [2.45, 2.75) is 4.90 Å². The molecule has 0 spiro atoms. The SMILES string of the molecule is COc1ccccc1-c1csc(N2CCN(S(=O)(=O)c3cc(Cl)ccc3OC)CC2)n1. The molecular weight excluding hydrogens is 458 g/mol. The van der Waals surface area contributed by atoms with Gasteiger partial charge in [-0.3, -0.25) is 0 Å². The number of hydrogen-bond acceptors (Lipinski definition) is 7. The lowest BCUT2D eigenvalue weighted by Gasteiger charge is -2.34. The predicted octanol–water partition coefficient (Wildman–Crippen LogP) is 3.99. The molecule has 1 aliphatic heterocycles. The van der Waals surface area contributed by atoms with Crippen LogP contribution >= 0.6 is 22.9 Å². The van der Waals surface area contributed by atoms with Gasteiger partial charge in [-0.05, 0) is 30.3 Å². The number of halogens is 1. The maximum atomic E-state index is 13.2. The third kappa shape index (κ3) is 4.36. The molecule has 4 rings (SSSR count). The topological polar surface area (TPSA) is 72.0 Å². The van der Waals surface area contributed by atoms with E-state index in [1.54, 1.807) is 19.2 Å². The van der Waals surface area contributed by atoms with Gasteiger partial charge in [-0.25, -0.2) is 13.4 Å². The van der Waals surface area contributed by atoms with Crippen molar-refractivity contribution in [1.29, 1.82) is 0 Å². The Morgan fingerprint density at radius 2 is 1.71 bits per heavy atom. The molecule has 3 aromatic rings. The smallest absolute Gasteiger partial charge is 0.246 e. The summed E-state index contributed by atoms with van der Waals surface area (Å²) < 4.78 is 38.5. The van der Waals surface area contributed by atoms with E-state index in [0.717, 1.165) is 22.1 Å². The monoisotopic (exact) mass is 479 g/mol. The van der Waals surface area contributed by atoms with Gasteiger partial charge >= 0.3 is 0 Å². The van der Waals surface area contributed by atoms with Gasteiger partial charge in [-0.1, -0.05) is 23.7 Å². The van der Waals surface area contributed by atoms with E-state index in [4.69, 9.17) is 26.1 Å². The first-order chi connectivity index (χ1) is 14.9. The Morgan fingerprint density at radius 1 is 1.00 bits per heavy atom. The second-order valence-electron chi connectivity index (χ2n) is 6.90.